The van der Waals surface area contributed by atoms with Crippen LogP contribution in [0.15, 0.2) is 53.4 Å². The summed E-state index contributed by atoms with van der Waals surface area (Å²) in [5.41, 5.74) is 0.983. The van der Waals surface area contributed by atoms with Gasteiger partial charge < -0.3 is 5.11 Å². The maximum absolute atomic E-state index is 13.4. The number of hydrogen-bond acceptors (Lipinski definition) is 3. The van der Waals surface area contributed by atoms with E-state index in [1.807, 2.05) is 0 Å². The van der Waals surface area contributed by atoms with E-state index in [4.69, 9.17) is 5.11 Å². The molecule has 2 aromatic rings. The lowest BCUT2D eigenvalue weighted by molar-refractivity contribution is 0.281. The SMILES string of the molecule is O=S(=O)(NCCc1ccccc1F)c1cccc(CO)c1. The fourth-order valence-corrected chi connectivity index (χ4v) is 3.02. The quantitative estimate of drug-likeness (QED) is 0.855. The van der Waals surface area contributed by atoms with Crippen molar-refractivity contribution in [3.05, 3.63) is 65.5 Å². The van der Waals surface area contributed by atoms with Gasteiger partial charge in [0.15, 0.2) is 0 Å². The number of rotatable bonds is 6. The summed E-state index contributed by atoms with van der Waals surface area (Å²) in [5.74, 6) is -0.348. The van der Waals surface area contributed by atoms with Crippen molar-refractivity contribution in [2.75, 3.05) is 6.54 Å². The Balaban J connectivity index is 2.03. The third-order valence-electron chi connectivity index (χ3n) is 3.04. The van der Waals surface area contributed by atoms with Gasteiger partial charge in [-0.1, -0.05) is 30.3 Å². The number of hydrogen-bond donors (Lipinski definition) is 2. The van der Waals surface area contributed by atoms with E-state index in [-0.39, 0.29) is 30.3 Å². The Hall–Kier alpha value is -1.76. The van der Waals surface area contributed by atoms with Crippen molar-refractivity contribution in [1.82, 2.24) is 4.72 Å². The summed E-state index contributed by atoms with van der Waals surface area (Å²) in [7, 11) is -3.66. The zero-order valence-corrected chi connectivity index (χ0v) is 12.1. The van der Waals surface area contributed by atoms with Gasteiger partial charge in [-0.2, -0.15) is 0 Å². The molecular weight excluding hydrogens is 293 g/mol. The van der Waals surface area contributed by atoms with Crippen LogP contribution >= 0.6 is 0 Å². The van der Waals surface area contributed by atoms with Crippen LogP contribution in [0, 0.1) is 5.82 Å². The van der Waals surface area contributed by atoms with Crippen LogP contribution in [0.3, 0.4) is 0 Å². The summed E-state index contributed by atoms with van der Waals surface area (Å²) in [6, 6.07) is 12.3. The fraction of sp³-hybridized carbons (Fsp3) is 0.200. The molecule has 0 fully saturated rings. The summed E-state index contributed by atoms with van der Waals surface area (Å²) in [6.45, 7) is -0.120. The highest BCUT2D eigenvalue weighted by Crippen LogP contribution is 2.12. The third-order valence-corrected chi connectivity index (χ3v) is 4.49. The van der Waals surface area contributed by atoms with Gasteiger partial charge in [0, 0.05) is 6.54 Å². The summed E-state index contributed by atoms with van der Waals surface area (Å²) in [6.07, 6.45) is 0.269. The molecule has 0 aliphatic heterocycles. The molecule has 0 bridgehead atoms. The van der Waals surface area contributed by atoms with Crippen LogP contribution in [0.1, 0.15) is 11.1 Å². The van der Waals surface area contributed by atoms with Gasteiger partial charge >= 0.3 is 0 Å². The molecule has 2 aromatic carbocycles. The monoisotopic (exact) mass is 309 g/mol. The van der Waals surface area contributed by atoms with Gasteiger partial charge in [-0.15, -0.1) is 0 Å². The van der Waals surface area contributed by atoms with Crippen LogP contribution in [0.5, 0.6) is 0 Å². The second-order valence-corrected chi connectivity index (χ2v) is 6.31. The van der Waals surface area contributed by atoms with E-state index >= 15 is 0 Å². The fourth-order valence-electron chi connectivity index (χ4n) is 1.92. The topological polar surface area (TPSA) is 66.4 Å². The van der Waals surface area contributed by atoms with Gasteiger partial charge in [0.2, 0.25) is 10.0 Å². The van der Waals surface area contributed by atoms with Gasteiger partial charge in [-0.25, -0.2) is 17.5 Å². The van der Waals surface area contributed by atoms with Gasteiger partial charge in [-0.05, 0) is 35.7 Å². The molecule has 6 heteroatoms. The lowest BCUT2D eigenvalue weighted by atomic mass is 10.1. The number of aliphatic hydroxyl groups is 1. The van der Waals surface area contributed by atoms with E-state index in [0.717, 1.165) is 0 Å². The van der Waals surface area contributed by atoms with Crippen LogP contribution in [-0.2, 0) is 23.1 Å². The molecule has 0 aliphatic carbocycles. The van der Waals surface area contributed by atoms with E-state index < -0.39 is 10.0 Å². The predicted molar refractivity (Wildman–Crippen MR) is 77.7 cm³/mol. The lowest BCUT2D eigenvalue weighted by Gasteiger charge is -2.08. The third kappa shape index (κ3) is 4.10. The number of aliphatic hydroxyl groups excluding tert-OH is 1. The molecule has 0 saturated carbocycles. The molecule has 0 radical (unpaired) electrons. The molecule has 4 nitrogen and oxygen atoms in total. The number of benzene rings is 2. The Labute approximate surface area is 123 Å². The minimum Gasteiger partial charge on any atom is -0.392 e. The van der Waals surface area contributed by atoms with E-state index in [1.54, 1.807) is 30.3 Å². The first-order valence-electron chi connectivity index (χ1n) is 6.46. The van der Waals surface area contributed by atoms with Crippen molar-refractivity contribution in [2.45, 2.75) is 17.9 Å². The number of halogens is 1. The molecule has 0 aromatic heterocycles. The standard InChI is InChI=1S/C15H16FNO3S/c16-15-7-2-1-5-13(15)8-9-17-21(19,20)14-6-3-4-12(10-14)11-18/h1-7,10,17-18H,8-9,11H2. The first kappa shape index (κ1) is 15.6. The second-order valence-electron chi connectivity index (χ2n) is 4.54. The maximum atomic E-state index is 13.4. The molecule has 2 rings (SSSR count). The normalized spacial score (nSPS) is 11.5. The van der Waals surface area contributed by atoms with Crippen molar-refractivity contribution >= 4 is 10.0 Å². The summed E-state index contributed by atoms with van der Waals surface area (Å²) in [4.78, 5) is 0.0857. The highest BCUT2D eigenvalue weighted by atomic mass is 32.2. The average Bonchev–Trinajstić information content (AvgIpc) is 2.49. The van der Waals surface area contributed by atoms with E-state index in [0.29, 0.717) is 11.1 Å². The van der Waals surface area contributed by atoms with Crippen LogP contribution in [0.4, 0.5) is 4.39 Å². The van der Waals surface area contributed by atoms with Crippen molar-refractivity contribution in [3.8, 4) is 0 Å². The highest BCUT2D eigenvalue weighted by Gasteiger charge is 2.14. The molecule has 0 aliphatic rings. The van der Waals surface area contributed by atoms with Crippen molar-refractivity contribution in [1.29, 1.82) is 0 Å². The molecule has 0 atom stereocenters. The Morgan fingerprint density at radius 2 is 1.86 bits per heavy atom. The molecule has 0 heterocycles. The number of sulfonamides is 1. The zero-order chi connectivity index (χ0) is 15.3. The van der Waals surface area contributed by atoms with Crippen LogP contribution in [0.25, 0.3) is 0 Å². The summed E-state index contributed by atoms with van der Waals surface area (Å²) < 4.78 is 40.0. The Morgan fingerprint density at radius 3 is 2.57 bits per heavy atom. The van der Waals surface area contributed by atoms with Crippen molar-refractivity contribution < 1.29 is 17.9 Å². The molecule has 21 heavy (non-hydrogen) atoms. The van der Waals surface area contributed by atoms with Crippen molar-refractivity contribution in [3.63, 3.8) is 0 Å². The molecule has 0 amide bonds. The van der Waals surface area contributed by atoms with E-state index in [9.17, 15) is 12.8 Å². The summed E-state index contributed by atoms with van der Waals surface area (Å²) >= 11 is 0. The Bertz CT molecular complexity index is 716. The van der Waals surface area contributed by atoms with Gasteiger partial charge in [-0.3, -0.25) is 0 Å². The molecular formula is C15H16FNO3S. The second kappa shape index (κ2) is 6.80. The van der Waals surface area contributed by atoms with Crippen LogP contribution < -0.4 is 4.72 Å². The Kier molecular flexibility index (Phi) is 5.06. The Morgan fingerprint density at radius 1 is 1.10 bits per heavy atom. The molecule has 112 valence electrons. The van der Waals surface area contributed by atoms with Gasteiger partial charge in [0.05, 0.1) is 11.5 Å². The molecule has 0 unspecified atom stereocenters. The predicted octanol–water partition coefficient (Wildman–Crippen LogP) is 1.84. The van der Waals surface area contributed by atoms with E-state index in [2.05, 4.69) is 4.72 Å². The molecule has 0 saturated heterocycles. The van der Waals surface area contributed by atoms with Gasteiger partial charge in [0.25, 0.3) is 0 Å². The number of nitrogens with one attached hydrogen (secondary N) is 1. The van der Waals surface area contributed by atoms with Crippen LogP contribution in [-0.4, -0.2) is 20.1 Å². The molecule has 0 spiro atoms. The maximum Gasteiger partial charge on any atom is 0.240 e. The minimum atomic E-state index is -3.66. The smallest absolute Gasteiger partial charge is 0.240 e. The lowest BCUT2D eigenvalue weighted by Crippen LogP contribution is -2.26. The zero-order valence-electron chi connectivity index (χ0n) is 11.3. The largest absolute Gasteiger partial charge is 0.392 e. The van der Waals surface area contributed by atoms with Gasteiger partial charge in [0.1, 0.15) is 5.82 Å². The summed E-state index contributed by atoms with van der Waals surface area (Å²) in [5, 5.41) is 9.03. The van der Waals surface area contributed by atoms with E-state index in [1.165, 1.54) is 18.2 Å². The highest BCUT2D eigenvalue weighted by molar-refractivity contribution is 7.89. The minimum absolute atomic E-state index is 0.0857. The average molecular weight is 309 g/mol. The first-order valence-corrected chi connectivity index (χ1v) is 7.94. The van der Waals surface area contributed by atoms with Crippen LogP contribution in [0.2, 0.25) is 0 Å². The van der Waals surface area contributed by atoms with Crippen molar-refractivity contribution in [2.24, 2.45) is 0 Å². The molecule has 2 N–H and O–H groups in total. The first-order chi connectivity index (χ1) is 10.0.